The zero-order valence-corrected chi connectivity index (χ0v) is 11.8. The zero-order chi connectivity index (χ0) is 15.0. The van der Waals surface area contributed by atoms with Crippen molar-refractivity contribution in [2.75, 3.05) is 5.32 Å². The molecule has 0 saturated carbocycles. The molecule has 1 N–H and O–H groups in total. The summed E-state index contributed by atoms with van der Waals surface area (Å²) in [5.74, 6) is 0.330. The van der Waals surface area contributed by atoms with Gasteiger partial charge in [0, 0.05) is 11.8 Å². The minimum absolute atomic E-state index is 0.117. The summed E-state index contributed by atoms with van der Waals surface area (Å²) < 4.78 is 5.31. The van der Waals surface area contributed by atoms with Crippen LogP contribution >= 0.6 is 0 Å². The number of pyridine rings is 1. The van der Waals surface area contributed by atoms with E-state index < -0.39 is 5.63 Å². The highest BCUT2D eigenvalue weighted by molar-refractivity contribution is 6.04. The van der Waals surface area contributed by atoms with Crippen molar-refractivity contribution in [3.05, 3.63) is 46.3 Å². The molecule has 3 aromatic rings. The Labute approximate surface area is 120 Å². The number of anilines is 1. The van der Waals surface area contributed by atoms with Gasteiger partial charge in [0.05, 0.1) is 10.9 Å². The summed E-state index contributed by atoms with van der Waals surface area (Å²) in [7, 11) is 0. The van der Waals surface area contributed by atoms with Crippen molar-refractivity contribution in [1.82, 2.24) is 4.98 Å². The molecular weight excluding hydrogens is 268 g/mol. The Morgan fingerprint density at radius 1 is 1.33 bits per heavy atom. The molecule has 0 atom stereocenters. The van der Waals surface area contributed by atoms with Gasteiger partial charge < -0.3 is 9.73 Å². The fourth-order valence-corrected chi connectivity index (χ4v) is 2.32. The smallest absolute Gasteiger partial charge is 0.346 e. The lowest BCUT2D eigenvalue weighted by Crippen LogP contribution is -2.12. The Morgan fingerprint density at radius 2 is 2.10 bits per heavy atom. The van der Waals surface area contributed by atoms with E-state index in [9.17, 15) is 9.59 Å². The first kappa shape index (κ1) is 13.3. The van der Waals surface area contributed by atoms with Gasteiger partial charge in [-0.05, 0) is 30.7 Å². The van der Waals surface area contributed by atoms with Crippen LogP contribution < -0.4 is 10.9 Å². The maximum Gasteiger partial charge on any atom is 0.346 e. The number of aryl methyl sites for hydroxylation is 1. The second kappa shape index (κ2) is 5.01. The fraction of sp³-hybridized carbons (Fsp3) is 0.188. The number of benzene rings is 1. The molecule has 3 rings (SSSR count). The Balaban J connectivity index is 2.36. The molecule has 106 valence electrons. The third-order valence-electron chi connectivity index (χ3n) is 3.35. The first-order valence-electron chi connectivity index (χ1n) is 6.73. The van der Waals surface area contributed by atoms with Gasteiger partial charge >= 0.3 is 5.63 Å². The number of aromatic nitrogens is 1. The van der Waals surface area contributed by atoms with E-state index >= 15 is 0 Å². The molecule has 0 fully saturated rings. The molecule has 2 aromatic heterocycles. The Bertz CT molecular complexity index is 912. The van der Waals surface area contributed by atoms with Gasteiger partial charge in [-0.1, -0.05) is 19.1 Å². The van der Waals surface area contributed by atoms with Crippen LogP contribution in [0.25, 0.3) is 21.9 Å². The second-order valence-electron chi connectivity index (χ2n) is 4.84. The van der Waals surface area contributed by atoms with Crippen LogP contribution in [-0.4, -0.2) is 10.9 Å². The van der Waals surface area contributed by atoms with E-state index in [2.05, 4.69) is 10.3 Å². The number of nitrogens with one attached hydrogen (secondary N) is 1. The second-order valence-corrected chi connectivity index (χ2v) is 4.84. The van der Waals surface area contributed by atoms with E-state index in [1.807, 2.05) is 12.1 Å². The lowest BCUT2D eigenvalue weighted by Gasteiger charge is -2.08. The molecular formula is C16H14N2O3. The van der Waals surface area contributed by atoms with Crippen molar-refractivity contribution in [3.63, 3.8) is 0 Å². The highest BCUT2D eigenvalue weighted by Crippen LogP contribution is 2.25. The van der Waals surface area contributed by atoms with Crippen LogP contribution in [0.2, 0.25) is 0 Å². The summed E-state index contributed by atoms with van der Waals surface area (Å²) >= 11 is 0. The van der Waals surface area contributed by atoms with Gasteiger partial charge in [-0.15, -0.1) is 0 Å². The number of amides is 1. The summed E-state index contributed by atoms with van der Waals surface area (Å²) in [6, 6.07) is 8.91. The average Bonchev–Trinajstić information content (AvgIpc) is 2.46. The molecule has 5 heteroatoms. The summed E-state index contributed by atoms with van der Waals surface area (Å²) in [5.41, 5.74) is 1.35. The summed E-state index contributed by atoms with van der Waals surface area (Å²) in [4.78, 5) is 28.1. The topological polar surface area (TPSA) is 72.2 Å². The van der Waals surface area contributed by atoms with E-state index in [0.29, 0.717) is 28.7 Å². The third-order valence-corrected chi connectivity index (χ3v) is 3.35. The maximum atomic E-state index is 12.1. The standard InChI is InChI=1S/C16H14N2O3/c1-3-13(19)17-12-8-9(2)14-15(18-12)10-6-4-5-7-11(10)21-16(14)20/h4-8H,3H2,1-2H3,(H,17,18,19). The molecule has 5 nitrogen and oxygen atoms in total. The van der Waals surface area contributed by atoms with Crippen molar-refractivity contribution < 1.29 is 9.21 Å². The minimum Gasteiger partial charge on any atom is -0.422 e. The Hall–Kier alpha value is -2.69. The molecule has 0 radical (unpaired) electrons. The number of hydrogen-bond donors (Lipinski definition) is 1. The average molecular weight is 282 g/mol. The number of carbonyl (C=O) groups excluding carboxylic acids is 1. The first-order chi connectivity index (χ1) is 10.1. The molecule has 0 unspecified atom stereocenters. The monoisotopic (exact) mass is 282 g/mol. The third kappa shape index (κ3) is 2.27. The van der Waals surface area contributed by atoms with Crippen molar-refractivity contribution in [3.8, 4) is 0 Å². The highest BCUT2D eigenvalue weighted by Gasteiger charge is 2.13. The largest absolute Gasteiger partial charge is 0.422 e. The van der Waals surface area contributed by atoms with Gasteiger partial charge in [-0.25, -0.2) is 9.78 Å². The van der Waals surface area contributed by atoms with E-state index in [4.69, 9.17) is 4.42 Å². The zero-order valence-electron chi connectivity index (χ0n) is 11.8. The molecule has 0 saturated heterocycles. The van der Waals surface area contributed by atoms with Crippen molar-refractivity contribution in [2.24, 2.45) is 0 Å². The predicted molar refractivity (Wildman–Crippen MR) is 81.4 cm³/mol. The van der Waals surface area contributed by atoms with Crippen LogP contribution in [0.5, 0.6) is 0 Å². The van der Waals surface area contributed by atoms with Crippen molar-refractivity contribution in [1.29, 1.82) is 0 Å². The number of hydrogen-bond acceptors (Lipinski definition) is 4. The van der Waals surface area contributed by atoms with Crippen LogP contribution in [0.4, 0.5) is 5.82 Å². The van der Waals surface area contributed by atoms with Crippen LogP contribution in [0.1, 0.15) is 18.9 Å². The predicted octanol–water partition coefficient (Wildman–Crippen LogP) is 3.00. The number of carbonyl (C=O) groups is 1. The van der Waals surface area contributed by atoms with Gasteiger partial charge in [0.15, 0.2) is 0 Å². The molecule has 21 heavy (non-hydrogen) atoms. The number of nitrogens with zero attached hydrogens (tertiary/aromatic N) is 1. The Morgan fingerprint density at radius 3 is 2.86 bits per heavy atom. The lowest BCUT2D eigenvalue weighted by atomic mass is 10.1. The molecule has 0 bridgehead atoms. The quantitative estimate of drug-likeness (QED) is 0.579. The van der Waals surface area contributed by atoms with Gasteiger partial charge in [-0.3, -0.25) is 4.79 Å². The van der Waals surface area contributed by atoms with Gasteiger partial charge in [0.2, 0.25) is 5.91 Å². The normalized spacial score (nSPS) is 11.0. The van der Waals surface area contributed by atoms with Crippen molar-refractivity contribution >= 4 is 33.6 Å². The van der Waals surface area contributed by atoms with Crippen molar-refractivity contribution in [2.45, 2.75) is 20.3 Å². The number of fused-ring (bicyclic) bond motifs is 3. The molecule has 0 spiro atoms. The minimum atomic E-state index is -0.415. The summed E-state index contributed by atoms with van der Waals surface area (Å²) in [6.07, 6.45) is 0.371. The molecule has 2 heterocycles. The molecule has 0 aliphatic heterocycles. The molecule has 0 aliphatic carbocycles. The van der Waals surface area contributed by atoms with E-state index in [0.717, 1.165) is 10.9 Å². The van der Waals surface area contributed by atoms with Gasteiger partial charge in [-0.2, -0.15) is 0 Å². The molecule has 0 aliphatic rings. The van der Waals surface area contributed by atoms with Crippen LogP contribution in [-0.2, 0) is 4.79 Å². The van der Waals surface area contributed by atoms with E-state index in [1.54, 1.807) is 32.0 Å². The first-order valence-corrected chi connectivity index (χ1v) is 6.73. The van der Waals surface area contributed by atoms with Crippen LogP contribution in [0.3, 0.4) is 0 Å². The van der Waals surface area contributed by atoms with Gasteiger partial charge in [0.1, 0.15) is 11.4 Å². The molecule has 1 amide bonds. The number of para-hydroxylation sites is 1. The van der Waals surface area contributed by atoms with Crippen LogP contribution in [0.15, 0.2) is 39.5 Å². The van der Waals surface area contributed by atoms with Crippen LogP contribution in [0, 0.1) is 6.92 Å². The highest BCUT2D eigenvalue weighted by atomic mass is 16.4. The van der Waals surface area contributed by atoms with Gasteiger partial charge in [0.25, 0.3) is 0 Å². The Kier molecular flexibility index (Phi) is 3.17. The van der Waals surface area contributed by atoms with E-state index in [-0.39, 0.29) is 5.91 Å². The van der Waals surface area contributed by atoms with E-state index in [1.165, 1.54) is 0 Å². The lowest BCUT2D eigenvalue weighted by molar-refractivity contribution is -0.115. The maximum absolute atomic E-state index is 12.1. The fourth-order valence-electron chi connectivity index (χ4n) is 2.32. The number of rotatable bonds is 2. The molecule has 1 aromatic carbocycles. The summed E-state index contributed by atoms with van der Waals surface area (Å²) in [5, 5.41) is 3.93. The SMILES string of the molecule is CCC(=O)Nc1cc(C)c2c(=O)oc3ccccc3c2n1. The summed E-state index contributed by atoms with van der Waals surface area (Å²) in [6.45, 7) is 3.57.